The number of rotatable bonds is 9. The molecule has 0 radical (unpaired) electrons. The third kappa shape index (κ3) is 13.0. The smallest absolute Gasteiger partial charge is 0.317 e. The number of fused-ring (bicyclic) bond motifs is 1. The van der Waals surface area contributed by atoms with Crippen LogP contribution in [0.15, 0.2) is 65.7 Å². The molecule has 0 fully saturated rings. The van der Waals surface area contributed by atoms with Gasteiger partial charge in [-0.25, -0.2) is 9.29 Å². The summed E-state index contributed by atoms with van der Waals surface area (Å²) < 4.78 is 35.4. The summed E-state index contributed by atoms with van der Waals surface area (Å²) in [5.41, 5.74) is 6.24. The Bertz CT molecular complexity index is 2130. The summed E-state index contributed by atoms with van der Waals surface area (Å²) in [5, 5.41) is 20.7. The van der Waals surface area contributed by atoms with Crippen LogP contribution in [0.25, 0.3) is 0 Å². The van der Waals surface area contributed by atoms with E-state index in [0.717, 1.165) is 23.8 Å². The van der Waals surface area contributed by atoms with E-state index >= 15 is 0 Å². The molecule has 0 saturated carbocycles. The molecule has 0 saturated heterocycles. The normalized spacial score (nSPS) is 15.2. The average Bonchev–Trinajstić information content (AvgIpc) is 3.40. The standard InChI is InChI=1S/C19H15FN2O4.C12H9ClN2O3.C3H8NO5P.C3H9S/c1-2-7-21-15-9-14(13(20)8-16(15)26-10-17(21)23)22-18(24)11-5-3-4-6-12(11)19(22)25;13-11-10(18-8-4-2-1-3-5-8)7-6-9(12(11)14)15(16)17;5-3(6)1-4-2-10(7,8)9;1-4(2)3/h1,8-9H,3-7,10H2;1-7H,14H2;4H,1-2H2,(H,5,6)(H2,7,8,9);1-3H3/q;;;+1/p-1. The molecule has 3 aromatic rings. The lowest BCUT2D eigenvalue weighted by atomic mass is 9.93. The van der Waals surface area contributed by atoms with Crippen LogP contribution < -0.4 is 35.2 Å². The first-order chi connectivity index (χ1) is 27.3. The first-order valence-corrected chi connectivity index (χ1v) is 21.6. The highest BCUT2D eigenvalue weighted by Crippen LogP contribution is 2.42. The number of hydrogen-bond donors (Lipinski definition) is 4. The van der Waals surface area contributed by atoms with E-state index in [9.17, 15) is 43.1 Å². The number of carboxylic acid groups (broad SMARTS) is 1. The van der Waals surface area contributed by atoms with Gasteiger partial charge >= 0.3 is 5.97 Å². The molecule has 0 aromatic heterocycles. The number of nitrogens with two attached hydrogens (primary N) is 1. The summed E-state index contributed by atoms with van der Waals surface area (Å²) in [6.07, 6.45) is 13.9. The summed E-state index contributed by atoms with van der Waals surface area (Å²) in [4.78, 5) is 77.4. The zero-order chi connectivity index (χ0) is 43.3. The zero-order valence-electron chi connectivity index (χ0n) is 31.4. The van der Waals surface area contributed by atoms with Gasteiger partial charge < -0.3 is 34.7 Å². The molecule has 5 N–H and O–H groups in total. The number of halogens is 2. The number of nitro benzene ring substituents is 1. The number of nitrogen functional groups attached to an aromatic ring is 1. The van der Waals surface area contributed by atoms with Crippen molar-refractivity contribution in [2.24, 2.45) is 0 Å². The number of hydrogen-bond acceptors (Lipinski definition) is 12. The molecule has 2 heterocycles. The minimum absolute atomic E-state index is 0.0170. The maximum absolute atomic E-state index is 14.7. The van der Waals surface area contributed by atoms with Gasteiger partial charge in [0.1, 0.15) is 35.6 Å². The third-order valence-electron chi connectivity index (χ3n) is 7.73. The van der Waals surface area contributed by atoms with Crippen LogP contribution in [0, 0.1) is 28.3 Å². The lowest BCUT2D eigenvalue weighted by Crippen LogP contribution is -2.39. The van der Waals surface area contributed by atoms with E-state index in [1.54, 1.807) is 24.3 Å². The van der Waals surface area contributed by atoms with Gasteiger partial charge in [0.2, 0.25) is 0 Å². The van der Waals surface area contributed by atoms with Crippen molar-refractivity contribution in [2.75, 3.05) is 60.3 Å². The molecule has 1 unspecified atom stereocenters. The van der Waals surface area contributed by atoms with E-state index in [1.807, 2.05) is 11.4 Å². The molecule has 3 aromatic carbocycles. The van der Waals surface area contributed by atoms with Crippen molar-refractivity contribution in [3.63, 3.8) is 0 Å². The number of benzene rings is 3. The number of carbonyl (C=O) groups is 4. The predicted octanol–water partition coefficient (Wildman–Crippen LogP) is 4.21. The lowest BCUT2D eigenvalue weighted by Gasteiger charge is -2.29. The SMILES string of the molecule is C#CCN1C(=O)COc2cc(F)c(N3C(=O)C4=C(CCCC4)C3=O)cc21.C[S+](C)C.Nc1c([N+](=O)[O-])ccc(Oc2ccccc2)c1Cl.O=C(O)CNCP(=O)([O-])O. The number of terminal acetylenes is 1. The van der Waals surface area contributed by atoms with Gasteiger partial charge in [-0.2, -0.15) is 0 Å². The van der Waals surface area contributed by atoms with Crippen molar-refractivity contribution in [1.82, 2.24) is 5.32 Å². The molecule has 21 heteroatoms. The molecule has 0 spiro atoms. The van der Waals surface area contributed by atoms with Gasteiger partial charge in [-0.3, -0.25) is 39.5 Å². The van der Waals surface area contributed by atoms with Crippen LogP contribution in [0.3, 0.4) is 0 Å². The number of aliphatic carboxylic acids is 1. The molecule has 1 aliphatic carbocycles. The average molecular weight is 864 g/mol. The molecular weight excluding hydrogens is 824 g/mol. The van der Waals surface area contributed by atoms with Crippen LogP contribution in [0.2, 0.25) is 5.02 Å². The van der Waals surface area contributed by atoms with Crippen LogP contribution in [-0.4, -0.2) is 83.4 Å². The van der Waals surface area contributed by atoms with E-state index in [0.29, 0.717) is 40.6 Å². The summed E-state index contributed by atoms with van der Waals surface area (Å²) >= 11 is 5.94. The van der Waals surface area contributed by atoms with Gasteiger partial charge in [0.15, 0.2) is 12.4 Å². The van der Waals surface area contributed by atoms with Gasteiger partial charge in [-0.15, -0.1) is 6.42 Å². The van der Waals surface area contributed by atoms with Gasteiger partial charge in [0, 0.05) is 23.3 Å². The number of carboxylic acids is 1. The number of amides is 3. The molecule has 1 atom stereocenters. The molecule has 0 bridgehead atoms. The summed E-state index contributed by atoms with van der Waals surface area (Å²) in [6, 6.07) is 14.0. The molecule has 2 aliphatic heterocycles. The Morgan fingerprint density at radius 1 is 1.10 bits per heavy atom. The van der Waals surface area contributed by atoms with E-state index in [-0.39, 0.29) is 58.3 Å². The van der Waals surface area contributed by atoms with Crippen LogP contribution in [-0.2, 0) is 34.6 Å². The van der Waals surface area contributed by atoms with E-state index in [4.69, 9.17) is 43.2 Å². The van der Waals surface area contributed by atoms with Gasteiger partial charge in [-0.1, -0.05) is 35.7 Å². The number of ether oxygens (including phenoxy) is 2. The second-order valence-corrected chi connectivity index (χ2v) is 17.1. The van der Waals surface area contributed by atoms with Crippen molar-refractivity contribution in [3.05, 3.63) is 86.7 Å². The number of carbonyl (C=O) groups excluding carboxylic acids is 3. The molecular formula is C37H40ClFN5O12PS. The number of nitro groups is 1. The lowest BCUT2D eigenvalue weighted by molar-refractivity contribution is -0.383. The fourth-order valence-corrected chi connectivity index (χ4v) is 5.92. The minimum atomic E-state index is -4.35. The van der Waals surface area contributed by atoms with Crippen LogP contribution in [0.1, 0.15) is 25.7 Å². The number of nitrogens with zero attached hydrogens (tertiary/aromatic N) is 3. The summed E-state index contributed by atoms with van der Waals surface area (Å²) in [6.45, 7) is -0.741. The molecule has 3 amide bonds. The van der Waals surface area contributed by atoms with Gasteiger partial charge in [0.25, 0.3) is 23.4 Å². The molecule has 310 valence electrons. The Hall–Kier alpha value is -5.48. The highest BCUT2D eigenvalue weighted by molar-refractivity contribution is 7.94. The first-order valence-electron chi connectivity index (χ1n) is 17.0. The first kappa shape index (κ1) is 46.9. The Balaban J connectivity index is 0.000000244. The highest BCUT2D eigenvalue weighted by Gasteiger charge is 2.41. The maximum Gasteiger partial charge on any atom is 0.317 e. The zero-order valence-corrected chi connectivity index (χ0v) is 33.9. The monoisotopic (exact) mass is 863 g/mol. The second-order valence-electron chi connectivity index (χ2n) is 12.7. The van der Waals surface area contributed by atoms with Crippen molar-refractivity contribution in [3.8, 4) is 29.6 Å². The van der Waals surface area contributed by atoms with Gasteiger partial charge in [-0.05, 0) is 60.8 Å². The highest BCUT2D eigenvalue weighted by atomic mass is 35.5. The third-order valence-corrected chi connectivity index (χ3v) is 8.74. The Morgan fingerprint density at radius 3 is 2.21 bits per heavy atom. The summed E-state index contributed by atoms with van der Waals surface area (Å²) in [5.74, 6) is 0.0928. The fraction of sp³-hybridized carbons (Fsp3) is 0.297. The maximum atomic E-state index is 14.7. The quantitative estimate of drug-likeness (QED) is 0.0447. The van der Waals surface area contributed by atoms with E-state index < -0.39 is 49.0 Å². The Kier molecular flexibility index (Phi) is 17.2. The number of para-hydroxylation sites is 1. The van der Waals surface area contributed by atoms with Crippen molar-refractivity contribution < 1.29 is 57.4 Å². The topological polar surface area (TPSA) is 255 Å². The molecule has 3 aliphatic rings. The Labute approximate surface area is 340 Å². The van der Waals surface area contributed by atoms with Crippen molar-refractivity contribution in [2.45, 2.75) is 25.7 Å². The number of imide groups is 1. The second kappa shape index (κ2) is 21.3. The minimum Gasteiger partial charge on any atom is -0.778 e. The van der Waals surface area contributed by atoms with E-state index in [1.165, 1.54) is 23.1 Å². The Morgan fingerprint density at radius 2 is 1.69 bits per heavy atom. The van der Waals surface area contributed by atoms with Crippen LogP contribution in [0.5, 0.6) is 17.2 Å². The largest absolute Gasteiger partial charge is 0.778 e. The number of anilines is 3. The predicted molar refractivity (Wildman–Crippen MR) is 216 cm³/mol. The van der Waals surface area contributed by atoms with Crippen molar-refractivity contribution in [1.29, 1.82) is 0 Å². The van der Waals surface area contributed by atoms with E-state index in [2.05, 4.69) is 24.7 Å². The van der Waals surface area contributed by atoms with Crippen molar-refractivity contribution >= 4 is 76.5 Å². The molecule has 6 rings (SSSR count). The molecule has 58 heavy (non-hydrogen) atoms. The number of nitrogens with one attached hydrogen (secondary N) is 1. The van der Waals surface area contributed by atoms with Gasteiger partial charge in [0.05, 0.1) is 54.4 Å². The summed E-state index contributed by atoms with van der Waals surface area (Å²) in [7, 11) is -3.71. The van der Waals surface area contributed by atoms with Crippen LogP contribution >= 0.6 is 19.2 Å². The fourth-order valence-electron chi connectivity index (χ4n) is 5.33. The molecule has 17 nitrogen and oxygen atoms in total. The van der Waals surface area contributed by atoms with Crippen LogP contribution in [0.4, 0.5) is 27.1 Å².